The summed E-state index contributed by atoms with van der Waals surface area (Å²) in [7, 11) is 0. The van der Waals surface area contributed by atoms with Crippen molar-refractivity contribution in [2.75, 3.05) is 5.32 Å². The number of anilines is 1. The van der Waals surface area contributed by atoms with Crippen LogP contribution in [0.15, 0.2) is 24.4 Å². The Labute approximate surface area is 126 Å². The van der Waals surface area contributed by atoms with Crippen LogP contribution in [-0.4, -0.2) is 31.7 Å². The van der Waals surface area contributed by atoms with E-state index in [1.807, 2.05) is 28.7 Å². The molecule has 1 heterocycles. The number of tetrazole rings is 1. The van der Waals surface area contributed by atoms with Gasteiger partial charge in [0.15, 0.2) is 0 Å². The molecular formula is C11H7IN6O2. The lowest BCUT2D eigenvalue weighted by Gasteiger charge is -2.05. The number of carboxylic acid groups (broad SMARTS) is 1. The van der Waals surface area contributed by atoms with Crippen LogP contribution in [-0.2, 0) is 0 Å². The van der Waals surface area contributed by atoms with Gasteiger partial charge in [-0.05, 0) is 46.0 Å². The van der Waals surface area contributed by atoms with E-state index >= 15 is 0 Å². The molecule has 0 bridgehead atoms. The van der Waals surface area contributed by atoms with Crippen molar-refractivity contribution in [1.29, 1.82) is 5.26 Å². The summed E-state index contributed by atoms with van der Waals surface area (Å²) in [5.41, 5.74) is 1.08. The largest absolute Gasteiger partial charge is 0.478 e. The molecule has 3 N–H and O–H groups in total. The topological polar surface area (TPSA) is 128 Å². The molecule has 1 aromatic heterocycles. The van der Waals surface area contributed by atoms with E-state index in [0.717, 1.165) is 0 Å². The smallest absolute Gasteiger partial charge is 0.335 e. The second-order valence-corrected chi connectivity index (χ2v) is 4.71. The lowest BCUT2D eigenvalue weighted by Crippen LogP contribution is -1.99. The van der Waals surface area contributed by atoms with Crippen molar-refractivity contribution in [1.82, 2.24) is 20.6 Å². The fraction of sp³-hybridized carbons (Fsp3) is 0. The minimum Gasteiger partial charge on any atom is -0.478 e. The third kappa shape index (κ3) is 3.09. The fourth-order valence-corrected chi connectivity index (χ4v) is 2.01. The molecule has 0 atom stereocenters. The van der Waals surface area contributed by atoms with Crippen LogP contribution in [0.2, 0.25) is 0 Å². The molecule has 0 radical (unpaired) electrons. The Morgan fingerprint density at radius 2 is 2.35 bits per heavy atom. The number of aromatic amines is 1. The summed E-state index contributed by atoms with van der Waals surface area (Å²) in [5.74, 6) is -0.813. The van der Waals surface area contributed by atoms with Crippen LogP contribution in [0.3, 0.4) is 0 Å². The maximum atomic E-state index is 10.8. The molecule has 20 heavy (non-hydrogen) atoms. The lowest BCUT2D eigenvalue weighted by atomic mass is 10.2. The molecule has 1 aromatic carbocycles. The van der Waals surface area contributed by atoms with Gasteiger partial charge in [0.05, 0.1) is 11.3 Å². The third-order valence-corrected chi connectivity index (χ3v) is 3.19. The van der Waals surface area contributed by atoms with Gasteiger partial charge in [-0.1, -0.05) is 0 Å². The lowest BCUT2D eigenvalue weighted by molar-refractivity contribution is 0.0697. The molecule has 0 spiro atoms. The Morgan fingerprint density at radius 3 is 2.90 bits per heavy atom. The number of halogens is 1. The third-order valence-electron chi connectivity index (χ3n) is 2.29. The minimum absolute atomic E-state index is 0.178. The predicted octanol–water partition coefficient (Wildman–Crippen LogP) is 1.48. The first-order valence-electron chi connectivity index (χ1n) is 5.25. The molecule has 0 unspecified atom stereocenters. The molecule has 9 heteroatoms. The van der Waals surface area contributed by atoms with E-state index in [4.69, 9.17) is 10.4 Å². The monoisotopic (exact) mass is 382 g/mol. The Bertz CT molecular complexity index is 704. The standard InChI is InChI=1S/C11H7IN6O2/c12-8-3-6(11(19)20)1-2-9(8)14-5-7(4-13)10-15-17-18-16-10/h1-3,5,14H,(H,19,20)(H,15,16,17,18). The number of benzene rings is 1. The molecule has 0 saturated carbocycles. The summed E-state index contributed by atoms with van der Waals surface area (Å²) in [6, 6.07) is 6.56. The van der Waals surface area contributed by atoms with E-state index in [-0.39, 0.29) is 17.0 Å². The molecule has 2 aromatic rings. The molecule has 0 aliphatic heterocycles. The first-order valence-corrected chi connectivity index (χ1v) is 6.33. The predicted molar refractivity (Wildman–Crippen MR) is 77.5 cm³/mol. The van der Waals surface area contributed by atoms with Gasteiger partial charge >= 0.3 is 5.97 Å². The number of allylic oxidation sites excluding steroid dienone is 1. The zero-order valence-electron chi connectivity index (χ0n) is 9.83. The molecule has 0 fully saturated rings. The number of hydrogen-bond acceptors (Lipinski definition) is 6. The van der Waals surface area contributed by atoms with Gasteiger partial charge in [0.1, 0.15) is 11.6 Å². The first kappa shape index (κ1) is 13.9. The highest BCUT2D eigenvalue weighted by molar-refractivity contribution is 14.1. The Balaban J connectivity index is 2.22. The maximum absolute atomic E-state index is 10.8. The number of carboxylic acids is 1. The molecule has 0 amide bonds. The first-order chi connectivity index (χ1) is 9.61. The van der Waals surface area contributed by atoms with Gasteiger partial charge in [-0.25, -0.2) is 4.79 Å². The van der Waals surface area contributed by atoms with Crippen molar-refractivity contribution in [3.63, 3.8) is 0 Å². The van der Waals surface area contributed by atoms with E-state index in [1.165, 1.54) is 18.3 Å². The van der Waals surface area contributed by atoms with E-state index in [1.54, 1.807) is 6.07 Å². The number of carbonyl (C=O) groups is 1. The van der Waals surface area contributed by atoms with Gasteiger partial charge in [0.2, 0.25) is 5.82 Å². The second kappa shape index (κ2) is 6.11. The van der Waals surface area contributed by atoms with E-state index in [9.17, 15) is 4.79 Å². The van der Waals surface area contributed by atoms with E-state index in [2.05, 4.69) is 25.9 Å². The van der Waals surface area contributed by atoms with Crippen LogP contribution in [0.1, 0.15) is 16.2 Å². The summed E-state index contributed by atoms with van der Waals surface area (Å²) in [5, 5.41) is 33.8. The SMILES string of the molecule is N#CC(=CNc1ccc(C(=O)O)cc1I)c1nn[nH]n1. The number of nitrogens with one attached hydrogen (secondary N) is 2. The average molecular weight is 382 g/mol. The van der Waals surface area contributed by atoms with Crippen molar-refractivity contribution in [3.05, 3.63) is 39.4 Å². The number of aromatic nitrogens is 4. The van der Waals surface area contributed by atoms with Crippen LogP contribution in [0, 0.1) is 14.9 Å². The quantitative estimate of drug-likeness (QED) is 0.540. The van der Waals surface area contributed by atoms with Gasteiger partial charge in [0.25, 0.3) is 0 Å². The fourth-order valence-electron chi connectivity index (χ4n) is 1.34. The van der Waals surface area contributed by atoms with Gasteiger partial charge < -0.3 is 10.4 Å². The number of hydrogen-bond donors (Lipinski definition) is 3. The molecule has 100 valence electrons. The Morgan fingerprint density at radius 1 is 1.55 bits per heavy atom. The summed E-state index contributed by atoms with van der Waals surface area (Å²) in [6.45, 7) is 0. The van der Waals surface area contributed by atoms with Gasteiger partial charge in [-0.2, -0.15) is 10.5 Å². The highest BCUT2D eigenvalue weighted by atomic mass is 127. The summed E-state index contributed by atoms with van der Waals surface area (Å²) < 4.78 is 0.712. The summed E-state index contributed by atoms with van der Waals surface area (Å²) >= 11 is 2.00. The molecule has 0 aliphatic rings. The van der Waals surface area contributed by atoms with E-state index in [0.29, 0.717) is 9.26 Å². The van der Waals surface area contributed by atoms with Crippen LogP contribution < -0.4 is 5.32 Å². The van der Waals surface area contributed by atoms with Crippen molar-refractivity contribution >= 4 is 39.8 Å². The number of H-pyrrole nitrogens is 1. The minimum atomic E-state index is -0.991. The van der Waals surface area contributed by atoms with Crippen molar-refractivity contribution in [2.24, 2.45) is 0 Å². The molecular weight excluding hydrogens is 375 g/mol. The van der Waals surface area contributed by atoms with Crippen molar-refractivity contribution in [2.45, 2.75) is 0 Å². The van der Waals surface area contributed by atoms with Crippen molar-refractivity contribution in [3.8, 4) is 6.07 Å². The second-order valence-electron chi connectivity index (χ2n) is 3.55. The van der Waals surface area contributed by atoms with Crippen LogP contribution >= 0.6 is 22.6 Å². The number of nitriles is 1. The Kier molecular flexibility index (Phi) is 4.26. The van der Waals surface area contributed by atoms with E-state index < -0.39 is 5.97 Å². The highest BCUT2D eigenvalue weighted by Crippen LogP contribution is 2.20. The molecule has 0 saturated heterocycles. The van der Waals surface area contributed by atoms with Crippen molar-refractivity contribution < 1.29 is 9.90 Å². The van der Waals surface area contributed by atoms with Gasteiger partial charge in [0, 0.05) is 9.77 Å². The molecule has 8 nitrogen and oxygen atoms in total. The maximum Gasteiger partial charge on any atom is 0.335 e. The summed E-state index contributed by atoms with van der Waals surface area (Å²) in [6.07, 6.45) is 1.43. The zero-order chi connectivity index (χ0) is 14.5. The number of aromatic carboxylic acids is 1. The van der Waals surface area contributed by atoms with Crippen LogP contribution in [0.25, 0.3) is 5.57 Å². The zero-order valence-corrected chi connectivity index (χ0v) is 12.0. The summed E-state index contributed by atoms with van der Waals surface area (Å²) in [4.78, 5) is 10.8. The molecule has 2 rings (SSSR count). The van der Waals surface area contributed by atoms with Crippen LogP contribution in [0.4, 0.5) is 5.69 Å². The highest BCUT2D eigenvalue weighted by Gasteiger charge is 2.08. The van der Waals surface area contributed by atoms with Crippen LogP contribution in [0.5, 0.6) is 0 Å². The Hall–Kier alpha value is -2.48. The number of rotatable bonds is 4. The number of nitrogens with zero attached hydrogens (tertiary/aromatic N) is 4. The average Bonchev–Trinajstić information content (AvgIpc) is 2.95. The van der Waals surface area contributed by atoms with Gasteiger partial charge in [-0.15, -0.1) is 10.2 Å². The normalized spacial score (nSPS) is 10.9. The van der Waals surface area contributed by atoms with Gasteiger partial charge in [-0.3, -0.25) is 0 Å². The molecule has 0 aliphatic carbocycles.